The normalized spacial score (nSPS) is 9.31. The molecule has 0 bridgehead atoms. The third-order valence-electron chi connectivity index (χ3n) is 1.79. The molecule has 0 saturated carbocycles. The molecule has 0 N–H and O–H groups in total. The van der Waals surface area contributed by atoms with E-state index in [0.29, 0.717) is 5.56 Å². The topological polar surface area (TPSA) is 33.0 Å². The second-order valence-electron chi connectivity index (χ2n) is 2.94. The van der Waals surface area contributed by atoms with Crippen LogP contribution < -0.4 is 4.74 Å². The maximum absolute atomic E-state index is 8.69. The minimum absolute atomic E-state index is 0.712. The molecule has 0 saturated heterocycles. The molecule has 1 rings (SSSR count). The Morgan fingerprint density at radius 3 is 2.77 bits per heavy atom. The zero-order valence-corrected chi connectivity index (χ0v) is 8.00. The third kappa shape index (κ3) is 2.48. The average molecular weight is 175 g/mol. The smallest absolute Gasteiger partial charge is 0.119 e. The number of aryl methyl sites for hydroxylation is 1. The van der Waals surface area contributed by atoms with Gasteiger partial charge in [0.25, 0.3) is 0 Å². The highest BCUT2D eigenvalue weighted by molar-refractivity contribution is 5.41. The van der Waals surface area contributed by atoms with Crippen LogP contribution in [0.2, 0.25) is 0 Å². The lowest BCUT2D eigenvalue weighted by atomic mass is 10.1. The predicted octanol–water partition coefficient (Wildman–Crippen LogP) is 2.66. The lowest BCUT2D eigenvalue weighted by Crippen LogP contribution is -1.95. The van der Waals surface area contributed by atoms with Gasteiger partial charge in [0.1, 0.15) is 5.75 Å². The van der Waals surface area contributed by atoms with Gasteiger partial charge in [-0.25, -0.2) is 0 Å². The molecule has 0 unspecified atom stereocenters. The van der Waals surface area contributed by atoms with Crippen molar-refractivity contribution < 1.29 is 4.74 Å². The highest BCUT2D eigenvalue weighted by atomic mass is 16.5. The van der Waals surface area contributed by atoms with Crippen LogP contribution in [-0.4, -0.2) is 6.61 Å². The van der Waals surface area contributed by atoms with Gasteiger partial charge in [-0.2, -0.15) is 5.26 Å². The Morgan fingerprint density at radius 2 is 2.23 bits per heavy atom. The molecule has 0 amide bonds. The van der Waals surface area contributed by atoms with Gasteiger partial charge < -0.3 is 4.74 Å². The summed E-state index contributed by atoms with van der Waals surface area (Å²) < 4.78 is 5.43. The van der Waals surface area contributed by atoms with E-state index in [-0.39, 0.29) is 0 Å². The third-order valence-corrected chi connectivity index (χ3v) is 1.79. The molecule has 1 aromatic carbocycles. The molecule has 0 spiro atoms. The summed E-state index contributed by atoms with van der Waals surface area (Å²) in [5.41, 5.74) is 1.68. The fourth-order valence-corrected chi connectivity index (χ4v) is 1.07. The Balaban J connectivity index is 2.79. The zero-order chi connectivity index (χ0) is 9.68. The van der Waals surface area contributed by atoms with E-state index in [9.17, 15) is 0 Å². The molecule has 0 radical (unpaired) electrons. The Labute approximate surface area is 78.8 Å². The van der Waals surface area contributed by atoms with Crippen LogP contribution in [0.1, 0.15) is 24.5 Å². The zero-order valence-electron chi connectivity index (χ0n) is 8.00. The van der Waals surface area contributed by atoms with Crippen LogP contribution in [0.5, 0.6) is 5.75 Å². The summed E-state index contributed by atoms with van der Waals surface area (Å²) in [5.74, 6) is 0.846. The van der Waals surface area contributed by atoms with E-state index >= 15 is 0 Å². The van der Waals surface area contributed by atoms with Gasteiger partial charge in [-0.1, -0.05) is 6.92 Å². The maximum atomic E-state index is 8.69. The second kappa shape index (κ2) is 4.51. The number of hydrogen-bond donors (Lipinski definition) is 0. The van der Waals surface area contributed by atoms with Gasteiger partial charge in [0.15, 0.2) is 0 Å². The molecule has 0 aliphatic carbocycles. The lowest BCUT2D eigenvalue weighted by Gasteiger charge is -2.05. The van der Waals surface area contributed by atoms with E-state index in [0.717, 1.165) is 24.3 Å². The van der Waals surface area contributed by atoms with Crippen LogP contribution in [0.25, 0.3) is 0 Å². The van der Waals surface area contributed by atoms with Crippen LogP contribution >= 0.6 is 0 Å². The maximum Gasteiger partial charge on any atom is 0.119 e. The molecular weight excluding hydrogens is 162 g/mol. The van der Waals surface area contributed by atoms with E-state index < -0.39 is 0 Å². The molecule has 2 nitrogen and oxygen atoms in total. The molecule has 0 aromatic heterocycles. The van der Waals surface area contributed by atoms with Crippen LogP contribution in [0.15, 0.2) is 18.2 Å². The van der Waals surface area contributed by atoms with Crippen molar-refractivity contribution in [3.05, 3.63) is 29.3 Å². The van der Waals surface area contributed by atoms with Crippen molar-refractivity contribution in [1.29, 1.82) is 5.26 Å². The number of benzene rings is 1. The molecule has 68 valence electrons. The van der Waals surface area contributed by atoms with Crippen molar-refractivity contribution in [3.63, 3.8) is 0 Å². The first-order chi connectivity index (χ1) is 6.27. The first-order valence-electron chi connectivity index (χ1n) is 4.41. The Hall–Kier alpha value is -1.49. The molecule has 0 aliphatic heterocycles. The molecule has 1 aromatic rings. The lowest BCUT2D eigenvalue weighted by molar-refractivity contribution is 0.317. The first kappa shape index (κ1) is 9.60. The van der Waals surface area contributed by atoms with Crippen LogP contribution in [0, 0.1) is 18.3 Å². The monoisotopic (exact) mass is 175 g/mol. The largest absolute Gasteiger partial charge is 0.494 e. The SMILES string of the molecule is CCCOc1ccc(C#N)c(C)c1. The van der Waals surface area contributed by atoms with E-state index in [4.69, 9.17) is 10.00 Å². The number of nitriles is 1. The molecule has 0 heterocycles. The summed E-state index contributed by atoms with van der Waals surface area (Å²) in [5, 5.41) is 8.69. The van der Waals surface area contributed by atoms with Gasteiger partial charge in [-0.05, 0) is 37.1 Å². The average Bonchev–Trinajstić information content (AvgIpc) is 2.15. The van der Waals surface area contributed by atoms with Gasteiger partial charge in [0, 0.05) is 0 Å². The standard InChI is InChI=1S/C11H13NO/c1-3-6-13-11-5-4-10(8-12)9(2)7-11/h4-5,7H,3,6H2,1-2H3. The highest BCUT2D eigenvalue weighted by Gasteiger charge is 1.98. The minimum Gasteiger partial charge on any atom is -0.494 e. The number of ether oxygens (including phenoxy) is 1. The Morgan fingerprint density at radius 1 is 1.46 bits per heavy atom. The van der Waals surface area contributed by atoms with Crippen molar-refractivity contribution in [3.8, 4) is 11.8 Å². The van der Waals surface area contributed by atoms with Crippen LogP contribution in [-0.2, 0) is 0 Å². The summed E-state index contributed by atoms with van der Waals surface area (Å²) in [7, 11) is 0. The summed E-state index contributed by atoms with van der Waals surface area (Å²) >= 11 is 0. The molecule has 0 atom stereocenters. The van der Waals surface area contributed by atoms with Crippen molar-refractivity contribution in [2.75, 3.05) is 6.61 Å². The molecule has 13 heavy (non-hydrogen) atoms. The highest BCUT2D eigenvalue weighted by Crippen LogP contribution is 2.16. The summed E-state index contributed by atoms with van der Waals surface area (Å²) in [6, 6.07) is 7.65. The van der Waals surface area contributed by atoms with Crippen LogP contribution in [0.3, 0.4) is 0 Å². The first-order valence-corrected chi connectivity index (χ1v) is 4.41. The van der Waals surface area contributed by atoms with E-state index in [2.05, 4.69) is 13.0 Å². The molecule has 0 fully saturated rings. The fraction of sp³-hybridized carbons (Fsp3) is 0.364. The van der Waals surface area contributed by atoms with Crippen molar-refractivity contribution >= 4 is 0 Å². The van der Waals surface area contributed by atoms with Gasteiger partial charge in [0.05, 0.1) is 18.2 Å². The number of hydrogen-bond acceptors (Lipinski definition) is 2. The van der Waals surface area contributed by atoms with E-state index in [1.807, 2.05) is 19.1 Å². The summed E-state index contributed by atoms with van der Waals surface area (Å²) in [6.07, 6.45) is 0.999. The molecule has 0 aliphatic rings. The van der Waals surface area contributed by atoms with Crippen molar-refractivity contribution in [2.24, 2.45) is 0 Å². The quantitative estimate of drug-likeness (QED) is 0.707. The number of nitrogens with zero attached hydrogens (tertiary/aromatic N) is 1. The molecule has 2 heteroatoms. The number of rotatable bonds is 3. The second-order valence-corrected chi connectivity index (χ2v) is 2.94. The van der Waals surface area contributed by atoms with E-state index in [1.165, 1.54) is 0 Å². The van der Waals surface area contributed by atoms with Gasteiger partial charge in [-0.15, -0.1) is 0 Å². The van der Waals surface area contributed by atoms with Crippen LogP contribution in [0.4, 0.5) is 0 Å². The van der Waals surface area contributed by atoms with Crippen molar-refractivity contribution in [1.82, 2.24) is 0 Å². The fourth-order valence-electron chi connectivity index (χ4n) is 1.07. The summed E-state index contributed by atoms with van der Waals surface area (Å²) in [4.78, 5) is 0. The minimum atomic E-state index is 0.712. The van der Waals surface area contributed by atoms with Gasteiger partial charge in [0.2, 0.25) is 0 Å². The Bertz CT molecular complexity index is 325. The Kier molecular flexibility index (Phi) is 3.33. The molecular formula is C11H13NO. The predicted molar refractivity (Wildman–Crippen MR) is 51.7 cm³/mol. The van der Waals surface area contributed by atoms with Gasteiger partial charge >= 0.3 is 0 Å². The van der Waals surface area contributed by atoms with Gasteiger partial charge in [-0.3, -0.25) is 0 Å². The van der Waals surface area contributed by atoms with Crippen molar-refractivity contribution in [2.45, 2.75) is 20.3 Å². The van der Waals surface area contributed by atoms with E-state index in [1.54, 1.807) is 6.07 Å². The summed E-state index contributed by atoms with van der Waals surface area (Å²) in [6.45, 7) is 4.71.